The Balaban J connectivity index is 1.31. The maximum atomic E-state index is 12.8. The Morgan fingerprint density at radius 3 is 2.67 bits per heavy atom. The van der Waals surface area contributed by atoms with Gasteiger partial charge in [0.1, 0.15) is 0 Å². The Kier molecular flexibility index (Phi) is 4.80. The first-order valence-electron chi connectivity index (χ1n) is 9.99. The van der Waals surface area contributed by atoms with Crippen molar-refractivity contribution in [2.75, 3.05) is 13.1 Å². The number of pyridine rings is 1. The van der Waals surface area contributed by atoms with E-state index in [9.17, 15) is 13.2 Å². The largest absolute Gasteiger partial charge is 0.394 e. The number of piperidine rings is 1. The summed E-state index contributed by atoms with van der Waals surface area (Å²) < 4.78 is 45.9. The molecule has 0 aliphatic carbocycles. The lowest BCUT2D eigenvalue weighted by molar-refractivity contribution is -0.127. The summed E-state index contributed by atoms with van der Waals surface area (Å²) in [6.07, 6.45) is -0.623. The Morgan fingerprint density at radius 2 is 1.90 bits per heavy atom. The molecule has 4 heterocycles. The van der Waals surface area contributed by atoms with Gasteiger partial charge in [-0.2, -0.15) is 13.2 Å². The third-order valence-corrected chi connectivity index (χ3v) is 6.64. The van der Waals surface area contributed by atoms with Crippen molar-refractivity contribution in [3.63, 3.8) is 0 Å². The first kappa shape index (κ1) is 19.8. The van der Waals surface area contributed by atoms with E-state index < -0.39 is 12.6 Å². The lowest BCUT2D eigenvalue weighted by Crippen LogP contribution is -2.42. The number of benzene rings is 1. The predicted molar refractivity (Wildman–Crippen MR) is 107 cm³/mol. The van der Waals surface area contributed by atoms with Gasteiger partial charge in [-0.25, -0.2) is 4.98 Å². The Bertz CT molecular complexity index is 1090. The molecule has 0 amide bonds. The second kappa shape index (κ2) is 7.25. The number of fused-ring (bicyclic) bond motifs is 3. The highest BCUT2D eigenvalue weighted by Crippen LogP contribution is 2.44. The van der Waals surface area contributed by atoms with Crippen LogP contribution in [0.1, 0.15) is 35.2 Å². The summed E-state index contributed by atoms with van der Waals surface area (Å²) in [5.41, 5.74) is 3.71. The highest BCUT2D eigenvalue weighted by molar-refractivity contribution is 6.34. The molecular formula is C22H21ClF3N3O. The van der Waals surface area contributed by atoms with Gasteiger partial charge in [0, 0.05) is 32.0 Å². The molecule has 4 nitrogen and oxygen atoms in total. The smallest absolute Gasteiger partial charge is 0.365 e. The third kappa shape index (κ3) is 3.49. The van der Waals surface area contributed by atoms with E-state index in [1.807, 2.05) is 6.07 Å². The van der Waals surface area contributed by atoms with Crippen LogP contribution in [0.2, 0.25) is 5.02 Å². The van der Waals surface area contributed by atoms with Crippen LogP contribution in [0, 0.1) is 0 Å². The molecule has 1 aromatic carbocycles. The molecule has 0 atom stereocenters. The molecule has 1 saturated heterocycles. The minimum absolute atomic E-state index is 0.0860. The normalized spacial score (nSPS) is 18.9. The Morgan fingerprint density at radius 1 is 1.13 bits per heavy atom. The van der Waals surface area contributed by atoms with Gasteiger partial charge in [-0.05, 0) is 35.6 Å². The van der Waals surface area contributed by atoms with Crippen LogP contribution in [-0.2, 0) is 29.9 Å². The predicted octanol–water partition coefficient (Wildman–Crippen LogP) is 5.11. The fourth-order valence-corrected chi connectivity index (χ4v) is 4.94. The van der Waals surface area contributed by atoms with E-state index in [1.54, 1.807) is 12.3 Å². The summed E-state index contributed by atoms with van der Waals surface area (Å²) in [6.45, 7) is 3.03. The van der Waals surface area contributed by atoms with E-state index in [1.165, 1.54) is 21.7 Å². The van der Waals surface area contributed by atoms with Crippen molar-refractivity contribution in [2.45, 2.75) is 44.2 Å². The van der Waals surface area contributed by atoms with Gasteiger partial charge in [-0.1, -0.05) is 35.9 Å². The first-order valence-corrected chi connectivity index (χ1v) is 10.4. The van der Waals surface area contributed by atoms with Gasteiger partial charge < -0.3 is 9.14 Å². The zero-order valence-electron chi connectivity index (χ0n) is 16.3. The van der Waals surface area contributed by atoms with Gasteiger partial charge in [-0.15, -0.1) is 0 Å². The summed E-state index contributed by atoms with van der Waals surface area (Å²) in [7, 11) is 0. The van der Waals surface area contributed by atoms with Crippen LogP contribution in [0.5, 0.6) is 0 Å². The molecular weight excluding hydrogens is 415 g/mol. The molecule has 0 unspecified atom stereocenters. The fraction of sp³-hybridized carbons (Fsp3) is 0.409. The molecule has 0 bridgehead atoms. The molecule has 3 aromatic rings. The average molecular weight is 436 g/mol. The molecule has 8 heteroatoms. The topological polar surface area (TPSA) is 29.8 Å². The highest BCUT2D eigenvalue weighted by Gasteiger charge is 2.42. The summed E-state index contributed by atoms with van der Waals surface area (Å²) in [4.78, 5) is 6.44. The number of halogens is 4. The van der Waals surface area contributed by atoms with E-state index in [0.717, 1.165) is 31.5 Å². The van der Waals surface area contributed by atoms with Gasteiger partial charge in [0.25, 0.3) is 0 Å². The molecule has 0 N–H and O–H groups in total. The van der Waals surface area contributed by atoms with Crippen molar-refractivity contribution in [1.82, 2.24) is 14.3 Å². The monoisotopic (exact) mass is 435 g/mol. The SMILES string of the molecule is FC(F)(F)Cc1cnc2c(Cl)c(CN3CCC4(CC3)OCc3ccccc34)ccn12. The minimum atomic E-state index is -4.29. The van der Waals surface area contributed by atoms with Gasteiger partial charge in [0.05, 0.1) is 29.3 Å². The molecule has 158 valence electrons. The molecule has 2 aromatic heterocycles. The zero-order chi connectivity index (χ0) is 20.9. The highest BCUT2D eigenvalue weighted by atomic mass is 35.5. The molecule has 0 radical (unpaired) electrons. The molecule has 1 spiro atoms. The summed E-state index contributed by atoms with van der Waals surface area (Å²) in [5.74, 6) is 0. The summed E-state index contributed by atoms with van der Waals surface area (Å²) in [5, 5.41) is 0.411. The minimum Gasteiger partial charge on any atom is -0.365 e. The van der Waals surface area contributed by atoms with Crippen molar-refractivity contribution >= 4 is 17.2 Å². The molecule has 5 rings (SSSR count). The van der Waals surface area contributed by atoms with Crippen molar-refractivity contribution in [3.05, 3.63) is 70.1 Å². The number of aromatic nitrogens is 2. The van der Waals surface area contributed by atoms with Crippen LogP contribution in [0.3, 0.4) is 0 Å². The number of ether oxygens (including phenoxy) is 1. The molecule has 30 heavy (non-hydrogen) atoms. The van der Waals surface area contributed by atoms with Gasteiger partial charge in [-0.3, -0.25) is 4.90 Å². The van der Waals surface area contributed by atoms with Crippen LogP contribution < -0.4 is 0 Å². The molecule has 0 saturated carbocycles. The maximum Gasteiger partial charge on any atom is 0.394 e. The number of likely N-dealkylation sites (tertiary alicyclic amines) is 1. The number of hydrogen-bond acceptors (Lipinski definition) is 3. The number of hydrogen-bond donors (Lipinski definition) is 0. The first-order chi connectivity index (χ1) is 14.3. The van der Waals surface area contributed by atoms with E-state index in [-0.39, 0.29) is 11.3 Å². The van der Waals surface area contributed by atoms with E-state index in [4.69, 9.17) is 16.3 Å². The van der Waals surface area contributed by atoms with Crippen LogP contribution >= 0.6 is 11.6 Å². The summed E-state index contributed by atoms with van der Waals surface area (Å²) >= 11 is 6.52. The Labute approximate surface area is 177 Å². The standard InChI is InChI=1S/C22H21ClF3N3O/c23-19-15(5-8-29-17(11-22(24,25)26)12-27-20(19)29)13-28-9-6-21(7-10-28)18-4-2-1-3-16(18)14-30-21/h1-5,8,12H,6-7,9-11,13-14H2. The van der Waals surface area contributed by atoms with E-state index in [2.05, 4.69) is 28.1 Å². The van der Waals surface area contributed by atoms with Crippen molar-refractivity contribution < 1.29 is 17.9 Å². The van der Waals surface area contributed by atoms with Crippen LogP contribution in [-0.4, -0.2) is 33.6 Å². The van der Waals surface area contributed by atoms with Crippen LogP contribution in [0.25, 0.3) is 5.65 Å². The Hall–Kier alpha value is -2.09. The zero-order valence-corrected chi connectivity index (χ0v) is 17.0. The van der Waals surface area contributed by atoms with Gasteiger partial charge >= 0.3 is 6.18 Å². The number of nitrogens with zero attached hydrogens (tertiary/aromatic N) is 3. The number of imidazole rings is 1. The molecule has 1 fully saturated rings. The molecule has 2 aliphatic rings. The average Bonchev–Trinajstić information content (AvgIpc) is 3.27. The van der Waals surface area contributed by atoms with Crippen molar-refractivity contribution in [1.29, 1.82) is 0 Å². The van der Waals surface area contributed by atoms with Crippen LogP contribution in [0.15, 0.2) is 42.7 Å². The lowest BCUT2D eigenvalue weighted by atomic mass is 9.84. The number of rotatable bonds is 3. The summed E-state index contributed by atoms with van der Waals surface area (Å²) in [6, 6.07) is 10.2. The maximum absolute atomic E-state index is 12.8. The van der Waals surface area contributed by atoms with E-state index >= 15 is 0 Å². The van der Waals surface area contributed by atoms with Gasteiger partial charge in [0.15, 0.2) is 5.65 Å². The number of alkyl halides is 3. The van der Waals surface area contributed by atoms with Crippen LogP contribution in [0.4, 0.5) is 13.2 Å². The second-order valence-electron chi connectivity index (χ2n) is 8.11. The van der Waals surface area contributed by atoms with E-state index in [0.29, 0.717) is 23.8 Å². The van der Waals surface area contributed by atoms with Crippen molar-refractivity contribution in [2.24, 2.45) is 0 Å². The van der Waals surface area contributed by atoms with Crippen molar-refractivity contribution in [3.8, 4) is 0 Å². The lowest BCUT2D eigenvalue weighted by Gasteiger charge is -2.39. The quantitative estimate of drug-likeness (QED) is 0.572. The second-order valence-corrected chi connectivity index (χ2v) is 8.48. The van der Waals surface area contributed by atoms with Gasteiger partial charge in [0.2, 0.25) is 0 Å². The third-order valence-electron chi connectivity index (χ3n) is 6.23. The fourth-order valence-electron chi connectivity index (χ4n) is 4.68. The molecule has 2 aliphatic heterocycles.